The summed E-state index contributed by atoms with van der Waals surface area (Å²) in [6, 6.07) is 0.430. The third-order valence-corrected chi connectivity index (χ3v) is 5.83. The number of piperidine rings is 1. The number of halogens is 4. The van der Waals surface area contributed by atoms with E-state index in [4.69, 9.17) is 0 Å². The first-order chi connectivity index (χ1) is 14.1. The molecular formula is C17H20F4N4O4S. The fourth-order valence-corrected chi connectivity index (χ4v) is 4.12. The maximum absolute atomic E-state index is 14.1. The summed E-state index contributed by atoms with van der Waals surface area (Å²) in [5.74, 6) is -0.877. The Balaban J connectivity index is 1.61. The molecule has 2 saturated heterocycles. The summed E-state index contributed by atoms with van der Waals surface area (Å²) in [5.41, 5.74) is 0.129. The normalized spacial score (nSPS) is 20.5. The second-order valence-electron chi connectivity index (χ2n) is 6.94. The number of amides is 1. The Hall–Kier alpha value is -2.25. The van der Waals surface area contributed by atoms with Gasteiger partial charge < -0.3 is 15.5 Å². The van der Waals surface area contributed by atoms with E-state index in [9.17, 15) is 30.8 Å². The lowest BCUT2D eigenvalue weighted by atomic mass is 10.1. The largest absolute Gasteiger partial charge is 0.522 e. The summed E-state index contributed by atoms with van der Waals surface area (Å²) >= 11 is 0. The predicted molar refractivity (Wildman–Crippen MR) is 98.8 cm³/mol. The molecule has 0 aliphatic carbocycles. The van der Waals surface area contributed by atoms with Gasteiger partial charge in [0.15, 0.2) is 0 Å². The number of ether oxygens (including phenoxy) is 1. The van der Waals surface area contributed by atoms with Crippen LogP contribution >= 0.6 is 0 Å². The molecule has 0 bridgehead atoms. The number of rotatable bonds is 5. The molecule has 2 fully saturated rings. The number of hydrogen-bond acceptors (Lipinski definition) is 7. The highest BCUT2D eigenvalue weighted by atomic mass is 32.2. The minimum atomic E-state index is -4.68. The second kappa shape index (κ2) is 9.27. The molecule has 0 spiro atoms. The number of anilines is 1. The van der Waals surface area contributed by atoms with E-state index in [-0.39, 0.29) is 49.3 Å². The molecule has 1 aromatic heterocycles. The molecule has 1 atom stereocenters. The number of pyridine rings is 1. The van der Waals surface area contributed by atoms with Crippen molar-refractivity contribution in [2.75, 3.05) is 24.5 Å². The summed E-state index contributed by atoms with van der Waals surface area (Å²) in [6.45, 7) is 0.670. The van der Waals surface area contributed by atoms with Crippen LogP contribution < -0.4 is 15.5 Å². The number of aromatic nitrogens is 1. The second-order valence-corrected chi connectivity index (χ2v) is 7.93. The number of nitrogens with one attached hydrogen (secondary N) is 2. The van der Waals surface area contributed by atoms with Crippen molar-refractivity contribution >= 4 is 26.9 Å². The van der Waals surface area contributed by atoms with Gasteiger partial charge in [-0.2, -0.15) is 8.42 Å². The molecule has 3 heterocycles. The Morgan fingerprint density at radius 3 is 2.67 bits per heavy atom. The first kappa shape index (κ1) is 22.4. The van der Waals surface area contributed by atoms with Crippen LogP contribution in [0.2, 0.25) is 0 Å². The Labute approximate surface area is 171 Å². The molecule has 8 nitrogen and oxygen atoms in total. The summed E-state index contributed by atoms with van der Waals surface area (Å²) in [7, 11) is -2.49. The molecule has 2 aliphatic rings. The van der Waals surface area contributed by atoms with E-state index < -0.39 is 40.5 Å². The van der Waals surface area contributed by atoms with Crippen LogP contribution in [0.3, 0.4) is 0 Å². The highest BCUT2D eigenvalue weighted by molar-refractivity contribution is 7.73. The molecule has 3 rings (SSSR count). The molecule has 2 aliphatic heterocycles. The van der Waals surface area contributed by atoms with Crippen LogP contribution in [-0.2, 0) is 26.4 Å². The minimum absolute atomic E-state index is 0.0485. The average Bonchev–Trinajstić information content (AvgIpc) is 3.17. The van der Waals surface area contributed by atoms with Crippen molar-refractivity contribution in [3.8, 4) is 0 Å². The van der Waals surface area contributed by atoms with Crippen molar-refractivity contribution in [2.24, 2.45) is 0 Å². The fourth-order valence-electron chi connectivity index (χ4n) is 3.47. The molecule has 0 radical (unpaired) electrons. The molecule has 30 heavy (non-hydrogen) atoms. The van der Waals surface area contributed by atoms with Gasteiger partial charge in [-0.25, -0.2) is 9.37 Å². The first-order valence-corrected chi connectivity index (χ1v) is 10.3. The van der Waals surface area contributed by atoms with Crippen molar-refractivity contribution in [1.29, 1.82) is 0 Å². The quantitative estimate of drug-likeness (QED) is 0.503. The van der Waals surface area contributed by atoms with Gasteiger partial charge in [-0.1, -0.05) is 0 Å². The molecule has 1 amide bonds. The third-order valence-electron chi connectivity index (χ3n) is 4.96. The van der Waals surface area contributed by atoms with Crippen LogP contribution in [0.4, 0.5) is 23.4 Å². The molecule has 0 saturated carbocycles. The molecule has 166 valence electrons. The van der Waals surface area contributed by atoms with Crippen molar-refractivity contribution < 1.29 is 35.5 Å². The third kappa shape index (κ3) is 5.67. The molecule has 1 aromatic rings. The van der Waals surface area contributed by atoms with Crippen LogP contribution in [0.15, 0.2) is 12.3 Å². The van der Waals surface area contributed by atoms with Crippen LogP contribution in [0.25, 0.3) is 0 Å². The van der Waals surface area contributed by atoms with Gasteiger partial charge in [0, 0.05) is 31.7 Å². The Morgan fingerprint density at radius 2 is 2.03 bits per heavy atom. The topological polar surface area (TPSA) is 101 Å². The van der Waals surface area contributed by atoms with Crippen LogP contribution in [0.5, 0.6) is 0 Å². The number of nitrogens with zero attached hydrogens (tertiary/aromatic N) is 2. The minimum Gasteiger partial charge on any atom is -0.356 e. The van der Waals surface area contributed by atoms with E-state index in [1.54, 1.807) is 4.90 Å². The van der Waals surface area contributed by atoms with E-state index >= 15 is 0 Å². The van der Waals surface area contributed by atoms with Gasteiger partial charge in [-0.3, -0.25) is 9.53 Å². The molecular weight excluding hydrogens is 432 g/mol. The Bertz CT molecular complexity index is 922. The highest BCUT2D eigenvalue weighted by Gasteiger charge is 2.35. The van der Waals surface area contributed by atoms with Crippen molar-refractivity contribution in [1.82, 2.24) is 15.6 Å². The zero-order valence-corrected chi connectivity index (χ0v) is 16.5. The van der Waals surface area contributed by atoms with Gasteiger partial charge in [0.2, 0.25) is 16.2 Å². The van der Waals surface area contributed by atoms with Crippen LogP contribution in [0, 0.1) is 5.82 Å². The first-order valence-electron chi connectivity index (χ1n) is 9.24. The number of carbonyl (C=O) groups excluding carboxylic acids is 1. The van der Waals surface area contributed by atoms with Gasteiger partial charge in [0.1, 0.15) is 17.7 Å². The highest BCUT2D eigenvalue weighted by Crippen LogP contribution is 2.26. The van der Waals surface area contributed by atoms with E-state index in [0.717, 1.165) is 6.20 Å². The SMILES string of the molecule is O=C(NCc1cc(N2CCC(OC(F)(F)F)CC2)ncc1F)C1NCCC1=S(=O)=O. The molecule has 0 aromatic carbocycles. The van der Waals surface area contributed by atoms with Gasteiger partial charge in [-0.15, -0.1) is 13.2 Å². The standard InChI is InChI=1S/C17H20F4N4O4S/c18-12-9-23-14(25-5-2-11(3-6-25)29-17(19,20)21)7-10(12)8-24-16(26)15-13(30(27)28)1-4-22-15/h7,9,11,15,22H,1-6,8H2,(H,24,26). The van der Waals surface area contributed by atoms with Gasteiger partial charge in [-0.05, 0) is 25.3 Å². The van der Waals surface area contributed by atoms with E-state index in [2.05, 4.69) is 20.4 Å². The number of alkyl halides is 3. The lowest BCUT2D eigenvalue weighted by Gasteiger charge is -2.33. The van der Waals surface area contributed by atoms with Crippen LogP contribution in [0.1, 0.15) is 24.8 Å². The van der Waals surface area contributed by atoms with Crippen molar-refractivity contribution in [3.05, 3.63) is 23.6 Å². The van der Waals surface area contributed by atoms with Crippen molar-refractivity contribution in [2.45, 2.75) is 44.3 Å². The smallest absolute Gasteiger partial charge is 0.356 e. The fraction of sp³-hybridized carbons (Fsp3) is 0.588. The van der Waals surface area contributed by atoms with Crippen LogP contribution in [-0.4, -0.2) is 62.3 Å². The Kier molecular flexibility index (Phi) is 6.93. The lowest BCUT2D eigenvalue weighted by Crippen LogP contribution is -2.44. The molecule has 2 N–H and O–H groups in total. The zero-order chi connectivity index (χ0) is 21.9. The number of carbonyl (C=O) groups is 1. The monoisotopic (exact) mass is 452 g/mol. The van der Waals surface area contributed by atoms with E-state index in [1.165, 1.54) is 6.07 Å². The Morgan fingerprint density at radius 1 is 1.33 bits per heavy atom. The summed E-state index contributed by atoms with van der Waals surface area (Å²) < 4.78 is 77.5. The van der Waals surface area contributed by atoms with Gasteiger partial charge in [0.05, 0.1) is 17.2 Å². The lowest BCUT2D eigenvalue weighted by molar-refractivity contribution is -0.344. The molecule has 1 unspecified atom stereocenters. The summed E-state index contributed by atoms with van der Waals surface area (Å²) in [5, 5.41) is 5.28. The van der Waals surface area contributed by atoms with E-state index in [0.29, 0.717) is 12.4 Å². The van der Waals surface area contributed by atoms with Gasteiger partial charge >= 0.3 is 6.36 Å². The summed E-state index contributed by atoms with van der Waals surface area (Å²) in [4.78, 5) is 18.0. The zero-order valence-electron chi connectivity index (χ0n) is 15.7. The number of hydrogen-bond donors (Lipinski definition) is 2. The van der Waals surface area contributed by atoms with E-state index in [1.807, 2.05) is 0 Å². The maximum atomic E-state index is 14.1. The average molecular weight is 452 g/mol. The van der Waals surface area contributed by atoms with Gasteiger partial charge in [0.25, 0.3) is 0 Å². The maximum Gasteiger partial charge on any atom is 0.522 e. The summed E-state index contributed by atoms with van der Waals surface area (Å²) in [6.07, 6.45) is -4.12. The molecule has 13 heteroatoms. The van der Waals surface area contributed by atoms with Crippen molar-refractivity contribution in [3.63, 3.8) is 0 Å². The predicted octanol–water partition coefficient (Wildman–Crippen LogP) is 0.756.